The van der Waals surface area contributed by atoms with Gasteiger partial charge in [-0.1, -0.05) is 0 Å². The van der Waals surface area contributed by atoms with E-state index < -0.39 is 11.9 Å². The molecule has 19 heavy (non-hydrogen) atoms. The van der Waals surface area contributed by atoms with Crippen molar-refractivity contribution < 1.29 is 34.1 Å². The second-order valence-electron chi connectivity index (χ2n) is 3.61. The molecule has 8 heteroatoms. The second kappa shape index (κ2) is 11.4. The van der Waals surface area contributed by atoms with Crippen LogP contribution in [0.25, 0.3) is 0 Å². The molecule has 3 N–H and O–H groups in total. The van der Waals surface area contributed by atoms with Crippen LogP contribution in [0.15, 0.2) is 0 Å². The highest BCUT2D eigenvalue weighted by atomic mass is 16.5. The number of ether oxygens (including phenoxy) is 2. The number of carbonyl (C=O) groups is 3. The predicted molar refractivity (Wildman–Crippen MR) is 63.8 cm³/mol. The van der Waals surface area contributed by atoms with Crippen molar-refractivity contribution in [1.82, 2.24) is 5.32 Å². The van der Waals surface area contributed by atoms with E-state index >= 15 is 0 Å². The minimum Gasteiger partial charge on any atom is -0.481 e. The zero-order chi connectivity index (χ0) is 14.5. The highest BCUT2D eigenvalue weighted by Crippen LogP contribution is 1.88. The molecule has 0 aliphatic rings. The molecule has 8 nitrogen and oxygen atoms in total. The van der Waals surface area contributed by atoms with Gasteiger partial charge in [0.15, 0.2) is 0 Å². The van der Waals surface area contributed by atoms with Crippen LogP contribution in [-0.2, 0) is 23.9 Å². The fourth-order valence-corrected chi connectivity index (χ4v) is 1.05. The molecule has 0 saturated carbocycles. The number of carbonyl (C=O) groups excluding carboxylic acids is 1. The maximum atomic E-state index is 11.1. The average molecular weight is 277 g/mol. The van der Waals surface area contributed by atoms with Gasteiger partial charge in [-0.15, -0.1) is 0 Å². The van der Waals surface area contributed by atoms with Crippen molar-refractivity contribution in [3.63, 3.8) is 0 Å². The fourth-order valence-electron chi connectivity index (χ4n) is 1.05. The lowest BCUT2D eigenvalue weighted by Crippen LogP contribution is -2.27. The SMILES string of the molecule is O=C(O)CCOCCOCCNC(=O)CCC(=O)O. The molecule has 0 aliphatic heterocycles. The Labute approximate surface area is 110 Å². The summed E-state index contributed by atoms with van der Waals surface area (Å²) in [6, 6.07) is 0. The Morgan fingerprint density at radius 1 is 0.789 bits per heavy atom. The Morgan fingerprint density at radius 2 is 1.37 bits per heavy atom. The molecule has 0 saturated heterocycles. The Kier molecular flexibility index (Phi) is 10.4. The molecule has 0 aromatic heterocycles. The molecule has 0 radical (unpaired) electrons. The number of amides is 1. The van der Waals surface area contributed by atoms with Crippen LogP contribution < -0.4 is 5.32 Å². The highest BCUT2D eigenvalue weighted by Gasteiger charge is 2.04. The first kappa shape index (κ1) is 17.3. The standard InChI is InChI=1S/C11H19NO7/c13-9(1-2-10(14)15)12-4-6-19-8-7-18-5-3-11(16)17/h1-8H2,(H,12,13)(H,14,15)(H,16,17). The van der Waals surface area contributed by atoms with Crippen molar-refractivity contribution in [2.45, 2.75) is 19.3 Å². The zero-order valence-corrected chi connectivity index (χ0v) is 10.6. The van der Waals surface area contributed by atoms with Crippen LogP contribution in [0, 0.1) is 0 Å². The monoisotopic (exact) mass is 277 g/mol. The Balaban J connectivity index is 3.20. The summed E-state index contributed by atoms with van der Waals surface area (Å²) in [5.74, 6) is -2.25. The van der Waals surface area contributed by atoms with E-state index in [9.17, 15) is 14.4 Å². The summed E-state index contributed by atoms with van der Waals surface area (Å²) in [6.45, 7) is 1.34. The van der Waals surface area contributed by atoms with Gasteiger partial charge in [-0.3, -0.25) is 14.4 Å². The molecule has 110 valence electrons. The number of hydrogen-bond donors (Lipinski definition) is 3. The summed E-state index contributed by atoms with van der Waals surface area (Å²) in [6.07, 6.45) is -0.280. The second-order valence-corrected chi connectivity index (χ2v) is 3.61. The van der Waals surface area contributed by atoms with Crippen LogP contribution in [0.1, 0.15) is 19.3 Å². The quantitative estimate of drug-likeness (QED) is 0.410. The lowest BCUT2D eigenvalue weighted by Gasteiger charge is -2.06. The van der Waals surface area contributed by atoms with E-state index in [1.807, 2.05) is 0 Å². The molecule has 0 aromatic carbocycles. The van der Waals surface area contributed by atoms with Gasteiger partial charge in [-0.05, 0) is 0 Å². The highest BCUT2D eigenvalue weighted by molar-refractivity contribution is 5.80. The summed E-state index contributed by atoms with van der Waals surface area (Å²) in [5.41, 5.74) is 0. The number of hydrogen-bond acceptors (Lipinski definition) is 5. The van der Waals surface area contributed by atoms with Crippen LogP contribution in [0.2, 0.25) is 0 Å². The maximum Gasteiger partial charge on any atom is 0.305 e. The Hall–Kier alpha value is -1.67. The van der Waals surface area contributed by atoms with Gasteiger partial charge in [0.2, 0.25) is 5.91 Å². The van der Waals surface area contributed by atoms with Crippen molar-refractivity contribution >= 4 is 17.8 Å². The lowest BCUT2D eigenvalue weighted by atomic mass is 10.3. The van der Waals surface area contributed by atoms with Crippen LogP contribution in [0.4, 0.5) is 0 Å². The Bertz CT molecular complexity index is 293. The number of carboxylic acid groups (broad SMARTS) is 2. The Morgan fingerprint density at radius 3 is 1.95 bits per heavy atom. The third kappa shape index (κ3) is 14.3. The number of rotatable bonds is 12. The van der Waals surface area contributed by atoms with E-state index in [4.69, 9.17) is 19.7 Å². The minimum atomic E-state index is -1.01. The topological polar surface area (TPSA) is 122 Å². The van der Waals surface area contributed by atoms with Crippen molar-refractivity contribution in [2.24, 2.45) is 0 Å². The molecular formula is C11H19NO7. The zero-order valence-electron chi connectivity index (χ0n) is 10.6. The smallest absolute Gasteiger partial charge is 0.305 e. The first-order chi connectivity index (χ1) is 9.02. The molecular weight excluding hydrogens is 258 g/mol. The molecule has 0 unspecified atom stereocenters. The van der Waals surface area contributed by atoms with Crippen LogP contribution in [0.3, 0.4) is 0 Å². The van der Waals surface area contributed by atoms with E-state index in [2.05, 4.69) is 5.32 Å². The van der Waals surface area contributed by atoms with E-state index in [1.165, 1.54) is 0 Å². The van der Waals surface area contributed by atoms with Gasteiger partial charge in [-0.25, -0.2) is 0 Å². The summed E-state index contributed by atoms with van der Waals surface area (Å²) in [7, 11) is 0. The van der Waals surface area contributed by atoms with Gasteiger partial charge in [0.05, 0.1) is 39.3 Å². The van der Waals surface area contributed by atoms with Gasteiger partial charge < -0.3 is 25.0 Å². The average Bonchev–Trinajstić information content (AvgIpc) is 2.34. The first-order valence-electron chi connectivity index (χ1n) is 5.88. The van der Waals surface area contributed by atoms with Gasteiger partial charge in [-0.2, -0.15) is 0 Å². The van der Waals surface area contributed by atoms with Crippen molar-refractivity contribution in [3.8, 4) is 0 Å². The van der Waals surface area contributed by atoms with Crippen LogP contribution in [-0.4, -0.2) is 61.0 Å². The molecule has 0 aromatic rings. The fraction of sp³-hybridized carbons (Fsp3) is 0.727. The van der Waals surface area contributed by atoms with E-state index in [0.29, 0.717) is 26.4 Å². The van der Waals surface area contributed by atoms with E-state index in [1.54, 1.807) is 0 Å². The number of nitrogens with one attached hydrogen (secondary N) is 1. The molecule has 0 heterocycles. The molecule has 0 rings (SSSR count). The van der Waals surface area contributed by atoms with Crippen molar-refractivity contribution in [3.05, 3.63) is 0 Å². The lowest BCUT2D eigenvalue weighted by molar-refractivity contribution is -0.139. The van der Waals surface area contributed by atoms with Gasteiger partial charge in [0.25, 0.3) is 0 Å². The van der Waals surface area contributed by atoms with Crippen LogP contribution in [0.5, 0.6) is 0 Å². The molecule has 0 aliphatic carbocycles. The van der Waals surface area contributed by atoms with E-state index in [-0.39, 0.29) is 31.8 Å². The first-order valence-corrected chi connectivity index (χ1v) is 5.88. The predicted octanol–water partition coefficient (Wildman–Crippen LogP) is -0.525. The minimum absolute atomic E-state index is 0.0420. The molecule has 0 atom stereocenters. The molecule has 0 spiro atoms. The van der Waals surface area contributed by atoms with Crippen molar-refractivity contribution in [2.75, 3.05) is 33.0 Å². The van der Waals surface area contributed by atoms with Gasteiger partial charge in [0.1, 0.15) is 0 Å². The molecule has 1 amide bonds. The van der Waals surface area contributed by atoms with Gasteiger partial charge in [0, 0.05) is 13.0 Å². The summed E-state index contributed by atoms with van der Waals surface area (Å²) < 4.78 is 10.1. The van der Waals surface area contributed by atoms with E-state index in [0.717, 1.165) is 0 Å². The van der Waals surface area contributed by atoms with Gasteiger partial charge >= 0.3 is 11.9 Å². The normalized spacial score (nSPS) is 10.1. The molecule has 0 bridgehead atoms. The number of aliphatic carboxylic acids is 2. The molecule has 0 fully saturated rings. The third-order valence-electron chi connectivity index (χ3n) is 1.97. The summed E-state index contributed by atoms with van der Waals surface area (Å²) >= 11 is 0. The largest absolute Gasteiger partial charge is 0.481 e. The maximum absolute atomic E-state index is 11.1. The van der Waals surface area contributed by atoms with Crippen LogP contribution >= 0.6 is 0 Å². The third-order valence-corrected chi connectivity index (χ3v) is 1.97. The number of carboxylic acids is 2. The summed E-state index contributed by atoms with van der Waals surface area (Å²) in [4.78, 5) is 31.4. The summed E-state index contributed by atoms with van der Waals surface area (Å²) in [5, 5.41) is 19.2. The van der Waals surface area contributed by atoms with Crippen molar-refractivity contribution in [1.29, 1.82) is 0 Å².